The van der Waals surface area contributed by atoms with Crippen LogP contribution in [0.1, 0.15) is 19.8 Å². The highest BCUT2D eigenvalue weighted by atomic mass is 16.2. The number of carbonyl (C=O) groups excluding carboxylic acids is 2. The lowest BCUT2D eigenvalue weighted by Gasteiger charge is -2.36. The van der Waals surface area contributed by atoms with Crippen LogP contribution >= 0.6 is 0 Å². The highest BCUT2D eigenvalue weighted by Crippen LogP contribution is 2.22. The van der Waals surface area contributed by atoms with E-state index in [1.165, 1.54) is 6.92 Å². The molecule has 72 valence electrons. The zero-order chi connectivity index (χ0) is 9.42. The highest BCUT2D eigenvalue weighted by molar-refractivity contribution is 5.85. The molecular weight excluding hydrogens is 168 g/mol. The van der Waals surface area contributed by atoms with Gasteiger partial charge in [0.05, 0.1) is 6.54 Å². The molecule has 2 aliphatic heterocycles. The first-order valence-electron chi connectivity index (χ1n) is 4.73. The Bertz CT molecular complexity index is 252. The molecule has 2 rings (SSSR count). The first kappa shape index (κ1) is 8.53. The second kappa shape index (κ2) is 3.01. The minimum Gasteiger partial charge on any atom is -0.336 e. The van der Waals surface area contributed by atoms with Gasteiger partial charge in [-0.25, -0.2) is 0 Å². The van der Waals surface area contributed by atoms with E-state index in [2.05, 4.69) is 0 Å². The molecule has 0 aromatic rings. The topological polar surface area (TPSA) is 40.6 Å². The maximum absolute atomic E-state index is 11.5. The van der Waals surface area contributed by atoms with Gasteiger partial charge in [-0.15, -0.1) is 0 Å². The third kappa shape index (κ3) is 1.41. The monoisotopic (exact) mass is 182 g/mol. The van der Waals surface area contributed by atoms with Crippen molar-refractivity contribution in [1.29, 1.82) is 0 Å². The molecule has 0 radical (unpaired) electrons. The van der Waals surface area contributed by atoms with Crippen molar-refractivity contribution in [2.24, 2.45) is 0 Å². The van der Waals surface area contributed by atoms with Gasteiger partial charge in [-0.05, 0) is 12.8 Å². The normalized spacial score (nSPS) is 27.8. The van der Waals surface area contributed by atoms with Crippen molar-refractivity contribution in [3.8, 4) is 0 Å². The first-order chi connectivity index (χ1) is 6.18. The van der Waals surface area contributed by atoms with E-state index >= 15 is 0 Å². The van der Waals surface area contributed by atoms with Gasteiger partial charge in [0.1, 0.15) is 0 Å². The number of piperazine rings is 1. The summed E-state index contributed by atoms with van der Waals surface area (Å²) in [5.41, 5.74) is 0. The minimum atomic E-state index is 0.0138. The molecular formula is C9H14N2O2. The fourth-order valence-electron chi connectivity index (χ4n) is 2.17. The van der Waals surface area contributed by atoms with Crippen molar-refractivity contribution < 1.29 is 9.59 Å². The van der Waals surface area contributed by atoms with Gasteiger partial charge in [0.15, 0.2) is 0 Å². The molecule has 0 bridgehead atoms. The lowest BCUT2D eigenvalue weighted by Crippen LogP contribution is -2.54. The molecule has 0 N–H and O–H groups in total. The zero-order valence-electron chi connectivity index (χ0n) is 7.82. The highest BCUT2D eigenvalue weighted by Gasteiger charge is 2.36. The van der Waals surface area contributed by atoms with Crippen LogP contribution in [0.4, 0.5) is 0 Å². The molecule has 2 fully saturated rings. The Hall–Kier alpha value is -1.06. The van der Waals surface area contributed by atoms with Crippen LogP contribution in [0.25, 0.3) is 0 Å². The average molecular weight is 182 g/mol. The maximum atomic E-state index is 11.5. The van der Waals surface area contributed by atoms with Gasteiger partial charge in [0.25, 0.3) is 0 Å². The summed E-state index contributed by atoms with van der Waals surface area (Å²) in [7, 11) is 0. The van der Waals surface area contributed by atoms with E-state index in [4.69, 9.17) is 0 Å². The first-order valence-corrected chi connectivity index (χ1v) is 4.73. The van der Waals surface area contributed by atoms with Crippen LogP contribution in [0.5, 0.6) is 0 Å². The third-order valence-electron chi connectivity index (χ3n) is 2.90. The van der Waals surface area contributed by atoms with E-state index in [-0.39, 0.29) is 18.4 Å². The molecule has 0 saturated carbocycles. The summed E-state index contributed by atoms with van der Waals surface area (Å²) in [6.45, 7) is 3.43. The zero-order valence-corrected chi connectivity index (χ0v) is 7.82. The van der Waals surface area contributed by atoms with Crippen LogP contribution in [0.2, 0.25) is 0 Å². The number of rotatable bonds is 0. The average Bonchev–Trinajstić information content (AvgIpc) is 2.51. The summed E-state index contributed by atoms with van der Waals surface area (Å²) in [5, 5.41) is 0. The van der Waals surface area contributed by atoms with Crippen LogP contribution in [-0.4, -0.2) is 47.3 Å². The van der Waals surface area contributed by atoms with Crippen LogP contribution < -0.4 is 0 Å². The number of nitrogens with zero attached hydrogens (tertiary/aromatic N) is 2. The quantitative estimate of drug-likeness (QED) is 0.522. The number of hydrogen-bond acceptors (Lipinski definition) is 2. The van der Waals surface area contributed by atoms with Gasteiger partial charge < -0.3 is 9.80 Å². The van der Waals surface area contributed by atoms with Gasteiger partial charge in [0, 0.05) is 26.1 Å². The summed E-state index contributed by atoms with van der Waals surface area (Å²) < 4.78 is 0. The SMILES string of the molecule is CC(=O)N1CC(=O)N2CCC[C@H]2C1. The Balaban J connectivity index is 2.09. The summed E-state index contributed by atoms with van der Waals surface area (Å²) in [5.74, 6) is 0.129. The summed E-state index contributed by atoms with van der Waals surface area (Å²) in [4.78, 5) is 26.2. The number of carbonyl (C=O) groups is 2. The number of hydrogen-bond donors (Lipinski definition) is 0. The predicted molar refractivity (Wildman–Crippen MR) is 47.0 cm³/mol. The summed E-state index contributed by atoms with van der Waals surface area (Å²) in [6.07, 6.45) is 2.14. The van der Waals surface area contributed by atoms with E-state index in [1.54, 1.807) is 4.90 Å². The molecule has 2 aliphatic rings. The van der Waals surface area contributed by atoms with Crippen LogP contribution in [0, 0.1) is 0 Å². The largest absolute Gasteiger partial charge is 0.336 e. The fraction of sp³-hybridized carbons (Fsp3) is 0.778. The number of amides is 2. The summed E-state index contributed by atoms with van der Waals surface area (Å²) in [6, 6.07) is 0.296. The predicted octanol–water partition coefficient (Wildman–Crippen LogP) is -0.161. The smallest absolute Gasteiger partial charge is 0.242 e. The molecule has 2 amide bonds. The van der Waals surface area contributed by atoms with Crippen molar-refractivity contribution in [3.63, 3.8) is 0 Å². The fourth-order valence-corrected chi connectivity index (χ4v) is 2.17. The van der Waals surface area contributed by atoms with E-state index in [0.717, 1.165) is 25.9 Å². The molecule has 4 heteroatoms. The molecule has 13 heavy (non-hydrogen) atoms. The Kier molecular flexibility index (Phi) is 1.98. The van der Waals surface area contributed by atoms with Crippen LogP contribution in [0.3, 0.4) is 0 Å². The standard InChI is InChI=1S/C9H14N2O2/c1-7(12)10-5-8-3-2-4-11(8)9(13)6-10/h8H,2-6H2,1H3/t8-/m0/s1. The Morgan fingerprint density at radius 2 is 2.31 bits per heavy atom. The Morgan fingerprint density at radius 3 is 3.00 bits per heavy atom. The number of fused-ring (bicyclic) bond motifs is 1. The Labute approximate surface area is 77.5 Å². The molecule has 2 saturated heterocycles. The van der Waals surface area contributed by atoms with Crippen molar-refractivity contribution >= 4 is 11.8 Å². The van der Waals surface area contributed by atoms with Gasteiger partial charge in [-0.2, -0.15) is 0 Å². The van der Waals surface area contributed by atoms with E-state index in [1.807, 2.05) is 4.90 Å². The molecule has 0 unspecified atom stereocenters. The van der Waals surface area contributed by atoms with Crippen LogP contribution in [0.15, 0.2) is 0 Å². The maximum Gasteiger partial charge on any atom is 0.242 e. The molecule has 2 heterocycles. The molecule has 0 spiro atoms. The van der Waals surface area contributed by atoms with Gasteiger partial charge >= 0.3 is 0 Å². The third-order valence-corrected chi connectivity index (χ3v) is 2.90. The lowest BCUT2D eigenvalue weighted by atomic mass is 10.1. The van der Waals surface area contributed by atoms with Crippen molar-refractivity contribution in [2.45, 2.75) is 25.8 Å². The second-order valence-corrected chi connectivity index (χ2v) is 3.78. The molecule has 0 aromatic carbocycles. The summed E-state index contributed by atoms with van der Waals surface area (Å²) >= 11 is 0. The van der Waals surface area contributed by atoms with E-state index < -0.39 is 0 Å². The van der Waals surface area contributed by atoms with Gasteiger partial charge in [-0.3, -0.25) is 9.59 Å². The van der Waals surface area contributed by atoms with Crippen molar-refractivity contribution in [1.82, 2.24) is 9.80 Å². The second-order valence-electron chi connectivity index (χ2n) is 3.78. The molecule has 0 aromatic heterocycles. The van der Waals surface area contributed by atoms with Crippen molar-refractivity contribution in [3.05, 3.63) is 0 Å². The van der Waals surface area contributed by atoms with Gasteiger partial charge in [-0.1, -0.05) is 0 Å². The molecule has 1 atom stereocenters. The lowest BCUT2D eigenvalue weighted by molar-refractivity contribution is -0.145. The van der Waals surface area contributed by atoms with Crippen molar-refractivity contribution in [2.75, 3.05) is 19.6 Å². The Morgan fingerprint density at radius 1 is 1.54 bits per heavy atom. The molecule has 4 nitrogen and oxygen atoms in total. The van der Waals surface area contributed by atoms with E-state index in [9.17, 15) is 9.59 Å². The molecule has 0 aliphatic carbocycles. The van der Waals surface area contributed by atoms with Crippen LogP contribution in [-0.2, 0) is 9.59 Å². The van der Waals surface area contributed by atoms with E-state index in [0.29, 0.717) is 6.04 Å². The minimum absolute atomic E-state index is 0.0138. The van der Waals surface area contributed by atoms with Gasteiger partial charge in [0.2, 0.25) is 11.8 Å².